The van der Waals surface area contributed by atoms with Crippen molar-refractivity contribution < 1.29 is 0 Å². The Hall–Kier alpha value is 0.799. The summed E-state index contributed by atoms with van der Waals surface area (Å²) >= 11 is 0.0108. The first kappa shape index (κ1) is 9.80. The van der Waals surface area contributed by atoms with Gasteiger partial charge in [-0.2, -0.15) is 0 Å². The van der Waals surface area contributed by atoms with Gasteiger partial charge in [0.15, 0.2) is 0 Å². The van der Waals surface area contributed by atoms with Gasteiger partial charge in [0, 0.05) is 0 Å². The first-order chi connectivity index (χ1) is 4.41. The summed E-state index contributed by atoms with van der Waals surface area (Å²) in [6, 6.07) is 0. The minimum atomic E-state index is 0.0108. The molecule has 1 radical (unpaired) electrons. The van der Waals surface area contributed by atoms with Crippen LogP contribution >= 0.6 is 0 Å². The fraction of sp³-hybridized carbons (Fsp3) is 1.00. The predicted molar refractivity (Wildman–Crippen MR) is 46.6 cm³/mol. The van der Waals surface area contributed by atoms with Gasteiger partial charge in [0.25, 0.3) is 0 Å². The van der Waals surface area contributed by atoms with E-state index >= 15 is 0 Å². The van der Waals surface area contributed by atoms with E-state index in [2.05, 4.69) is 13.8 Å². The maximum absolute atomic E-state index is 2.35. The Morgan fingerprint density at radius 2 is 1.78 bits per heavy atom. The van der Waals surface area contributed by atoms with Gasteiger partial charge in [0.2, 0.25) is 0 Å². The summed E-state index contributed by atoms with van der Waals surface area (Å²) in [5, 5.41) is 0. The zero-order valence-electron chi connectivity index (χ0n) is 6.82. The molecule has 55 valence electrons. The Balaban J connectivity index is 2.60. The summed E-state index contributed by atoms with van der Waals surface area (Å²) in [5.41, 5.74) is 0. The summed E-state index contributed by atoms with van der Waals surface area (Å²) in [5.74, 6) is 0. The van der Waals surface area contributed by atoms with Crippen LogP contribution in [0.3, 0.4) is 0 Å². The molecule has 0 saturated carbocycles. The third-order valence-electron chi connectivity index (χ3n) is 1.55. The SMILES string of the molecule is CCCCC[CH2][SnH][CH2]C. The van der Waals surface area contributed by atoms with Crippen LogP contribution in [0.2, 0.25) is 8.87 Å². The Labute approximate surface area is 69.6 Å². The third kappa shape index (κ3) is 8.80. The maximum atomic E-state index is 2.35. The zero-order chi connectivity index (χ0) is 6.95. The van der Waals surface area contributed by atoms with Gasteiger partial charge in [0.1, 0.15) is 0 Å². The Bertz CT molecular complexity index is 37.8. The number of hydrogen-bond acceptors (Lipinski definition) is 0. The molecule has 0 aliphatic rings. The molecule has 0 aromatic heterocycles. The van der Waals surface area contributed by atoms with E-state index in [0.29, 0.717) is 0 Å². The summed E-state index contributed by atoms with van der Waals surface area (Å²) < 4.78 is 3.20. The molecule has 0 amide bonds. The average molecular weight is 234 g/mol. The first-order valence-corrected chi connectivity index (χ1v) is 8.89. The molecular formula is C8H19Sn. The second kappa shape index (κ2) is 8.80. The van der Waals surface area contributed by atoms with Gasteiger partial charge in [0.05, 0.1) is 0 Å². The van der Waals surface area contributed by atoms with E-state index in [9.17, 15) is 0 Å². The van der Waals surface area contributed by atoms with E-state index in [1.165, 1.54) is 19.3 Å². The van der Waals surface area contributed by atoms with Crippen LogP contribution in [0.25, 0.3) is 0 Å². The van der Waals surface area contributed by atoms with Gasteiger partial charge in [-0.1, -0.05) is 0 Å². The van der Waals surface area contributed by atoms with Gasteiger partial charge < -0.3 is 0 Å². The van der Waals surface area contributed by atoms with Gasteiger partial charge >= 0.3 is 69.5 Å². The molecule has 0 aliphatic carbocycles. The van der Waals surface area contributed by atoms with Crippen molar-refractivity contribution in [3.05, 3.63) is 0 Å². The van der Waals surface area contributed by atoms with Crippen LogP contribution in [-0.2, 0) is 0 Å². The molecule has 0 bridgehead atoms. The van der Waals surface area contributed by atoms with Crippen LogP contribution in [-0.4, -0.2) is 21.1 Å². The summed E-state index contributed by atoms with van der Waals surface area (Å²) in [6.45, 7) is 4.63. The van der Waals surface area contributed by atoms with Crippen molar-refractivity contribution in [3.63, 3.8) is 0 Å². The minimum absolute atomic E-state index is 0.0108. The number of hydrogen-bond donors (Lipinski definition) is 0. The standard InChI is InChI=1S/C6H13.C2H5.Sn.H/c1-3-5-6-4-2;1-2;;/h1,3-6H2,2H3;1H2,2H3;;. The molecule has 0 spiro atoms. The molecule has 9 heavy (non-hydrogen) atoms. The predicted octanol–water partition coefficient (Wildman–Crippen LogP) is 2.86. The van der Waals surface area contributed by atoms with E-state index in [0.717, 1.165) is 0 Å². The summed E-state index contributed by atoms with van der Waals surface area (Å²) in [6.07, 6.45) is 5.90. The molecule has 0 nitrogen and oxygen atoms in total. The molecule has 0 N–H and O–H groups in total. The molecule has 0 unspecified atom stereocenters. The zero-order valence-corrected chi connectivity index (χ0v) is 10.1. The molecule has 0 aromatic carbocycles. The van der Waals surface area contributed by atoms with Crippen LogP contribution < -0.4 is 0 Å². The van der Waals surface area contributed by atoms with Gasteiger partial charge in [-0.05, 0) is 0 Å². The molecule has 0 heterocycles. The van der Waals surface area contributed by atoms with Crippen LogP contribution in [0.4, 0.5) is 0 Å². The second-order valence-corrected chi connectivity index (χ2v) is 8.17. The first-order valence-electron chi connectivity index (χ1n) is 4.23. The van der Waals surface area contributed by atoms with Crippen molar-refractivity contribution in [1.82, 2.24) is 0 Å². The molecule has 0 saturated heterocycles. The summed E-state index contributed by atoms with van der Waals surface area (Å²) in [4.78, 5) is 0. The Morgan fingerprint density at radius 1 is 1.00 bits per heavy atom. The molecule has 0 rings (SSSR count). The van der Waals surface area contributed by atoms with Gasteiger partial charge in [-0.15, -0.1) is 0 Å². The monoisotopic (exact) mass is 235 g/mol. The number of rotatable bonds is 6. The second-order valence-electron chi connectivity index (χ2n) is 2.55. The average Bonchev–Trinajstić information content (AvgIpc) is 1.89. The van der Waals surface area contributed by atoms with Crippen molar-refractivity contribution in [2.45, 2.75) is 48.4 Å². The van der Waals surface area contributed by atoms with Crippen LogP contribution in [0.1, 0.15) is 39.5 Å². The van der Waals surface area contributed by atoms with E-state index < -0.39 is 0 Å². The van der Waals surface area contributed by atoms with Crippen molar-refractivity contribution in [3.8, 4) is 0 Å². The molecule has 1 heteroatoms. The normalized spacial score (nSPS) is 10.0. The van der Waals surface area contributed by atoms with E-state index in [4.69, 9.17) is 0 Å². The topological polar surface area (TPSA) is 0 Å². The fourth-order valence-corrected chi connectivity index (χ4v) is 3.73. The van der Waals surface area contributed by atoms with Crippen LogP contribution in [0.5, 0.6) is 0 Å². The fourth-order valence-electron chi connectivity index (χ4n) is 0.920. The molecular weight excluding hydrogens is 215 g/mol. The van der Waals surface area contributed by atoms with Crippen molar-refractivity contribution in [2.75, 3.05) is 0 Å². The van der Waals surface area contributed by atoms with Crippen LogP contribution in [0, 0.1) is 0 Å². The van der Waals surface area contributed by atoms with Crippen molar-refractivity contribution in [1.29, 1.82) is 0 Å². The quantitative estimate of drug-likeness (QED) is 0.489. The van der Waals surface area contributed by atoms with Gasteiger partial charge in [-0.3, -0.25) is 0 Å². The van der Waals surface area contributed by atoms with Crippen molar-refractivity contribution in [2.24, 2.45) is 0 Å². The molecule has 0 atom stereocenters. The van der Waals surface area contributed by atoms with Crippen molar-refractivity contribution >= 4 is 21.1 Å². The summed E-state index contributed by atoms with van der Waals surface area (Å²) in [7, 11) is 0. The van der Waals surface area contributed by atoms with E-state index in [1.807, 2.05) is 0 Å². The Kier molecular flexibility index (Phi) is 9.58. The molecule has 0 fully saturated rings. The molecule has 0 aliphatic heterocycles. The Morgan fingerprint density at radius 3 is 2.33 bits per heavy atom. The number of unbranched alkanes of at least 4 members (excludes halogenated alkanes) is 3. The van der Waals surface area contributed by atoms with Gasteiger partial charge in [-0.25, -0.2) is 0 Å². The van der Waals surface area contributed by atoms with E-state index in [-0.39, 0.29) is 21.1 Å². The van der Waals surface area contributed by atoms with Crippen LogP contribution in [0.15, 0.2) is 0 Å². The third-order valence-corrected chi connectivity index (χ3v) is 5.53. The van der Waals surface area contributed by atoms with E-state index in [1.54, 1.807) is 15.3 Å². The molecule has 0 aromatic rings.